The van der Waals surface area contributed by atoms with Gasteiger partial charge in [-0.2, -0.15) is 9.94 Å². The number of aromatic amines is 1. The second-order valence-electron chi connectivity index (χ2n) is 8.09. The number of fused-ring (bicyclic) bond motifs is 2. The van der Waals surface area contributed by atoms with E-state index in [1.54, 1.807) is 12.1 Å². The number of rotatable bonds is 3. The van der Waals surface area contributed by atoms with E-state index >= 15 is 0 Å². The minimum atomic E-state index is -0.827. The van der Waals surface area contributed by atoms with Crippen LogP contribution in [0.4, 0.5) is 5.69 Å². The quantitative estimate of drug-likeness (QED) is 0.665. The van der Waals surface area contributed by atoms with Gasteiger partial charge >= 0.3 is 5.69 Å². The van der Waals surface area contributed by atoms with E-state index in [1.807, 2.05) is 26.0 Å². The van der Waals surface area contributed by atoms with E-state index in [4.69, 9.17) is 5.26 Å². The molecule has 1 aliphatic heterocycles. The Hall–Kier alpha value is -4.06. The van der Waals surface area contributed by atoms with Crippen LogP contribution in [-0.4, -0.2) is 25.7 Å². The Morgan fingerprint density at radius 2 is 1.97 bits per heavy atom. The van der Waals surface area contributed by atoms with Crippen molar-refractivity contribution >= 4 is 11.6 Å². The molecule has 3 heterocycles. The largest absolute Gasteiger partial charge is 0.351 e. The number of anilines is 1. The van der Waals surface area contributed by atoms with Gasteiger partial charge in [0.2, 0.25) is 11.6 Å². The molecule has 1 spiro atoms. The molecule has 31 heavy (non-hydrogen) atoms. The summed E-state index contributed by atoms with van der Waals surface area (Å²) in [5.74, 6) is 0.325. The van der Waals surface area contributed by atoms with Gasteiger partial charge in [0, 0.05) is 11.4 Å². The topological polar surface area (TPSA) is 134 Å². The van der Waals surface area contributed by atoms with E-state index in [0.717, 1.165) is 45.5 Å². The first-order valence-electron chi connectivity index (χ1n) is 9.88. The third kappa shape index (κ3) is 2.87. The van der Waals surface area contributed by atoms with E-state index in [9.17, 15) is 14.4 Å². The molecule has 1 amide bonds. The molecule has 2 N–H and O–H groups in total. The van der Waals surface area contributed by atoms with Crippen molar-refractivity contribution in [3.8, 4) is 11.9 Å². The number of amides is 1. The Morgan fingerprint density at radius 1 is 1.19 bits per heavy atom. The molecule has 1 saturated carbocycles. The van der Waals surface area contributed by atoms with Crippen LogP contribution < -0.4 is 16.6 Å². The molecule has 3 aromatic rings. The molecule has 5 rings (SSSR count). The summed E-state index contributed by atoms with van der Waals surface area (Å²) < 4.78 is 0.924. The smallest absolute Gasteiger partial charge is 0.325 e. The fraction of sp³-hybridized carbons (Fsp3) is 0.273. The molecular weight excluding hydrogens is 396 g/mol. The van der Waals surface area contributed by atoms with Gasteiger partial charge < -0.3 is 5.32 Å². The Balaban J connectivity index is 1.52. The van der Waals surface area contributed by atoms with Gasteiger partial charge in [0.15, 0.2) is 5.82 Å². The number of pyridine rings is 1. The van der Waals surface area contributed by atoms with Crippen LogP contribution in [-0.2, 0) is 16.6 Å². The molecular formula is C22H18N6O3. The van der Waals surface area contributed by atoms with Crippen LogP contribution >= 0.6 is 0 Å². The van der Waals surface area contributed by atoms with Crippen molar-refractivity contribution in [1.29, 1.82) is 5.26 Å². The SMILES string of the molecule is Cc1cc(-n2nc(C#N)c(=O)[nH]c2=O)nc(C)c1Cc1ccc2c(c1)C1(CC1)C(=O)N2. The van der Waals surface area contributed by atoms with Crippen LogP contribution in [0.2, 0.25) is 0 Å². The summed E-state index contributed by atoms with van der Waals surface area (Å²) in [5.41, 5.74) is 3.33. The van der Waals surface area contributed by atoms with E-state index in [0.29, 0.717) is 12.1 Å². The summed E-state index contributed by atoms with van der Waals surface area (Å²) in [4.78, 5) is 42.6. The lowest BCUT2D eigenvalue weighted by Gasteiger charge is -2.13. The summed E-state index contributed by atoms with van der Waals surface area (Å²) in [6.45, 7) is 3.75. The third-order valence-electron chi connectivity index (χ3n) is 6.10. The number of nitrogens with zero attached hydrogens (tertiary/aromatic N) is 4. The minimum Gasteiger partial charge on any atom is -0.325 e. The standard InChI is InChI=1S/C22H18N6O3/c1-11-7-18(28-21(31)26-19(29)17(10-23)27-28)24-12(2)14(11)8-13-3-4-16-15(9-13)22(5-6-22)20(30)25-16/h3-4,7,9H,5-6,8H2,1-2H3,(H,25,30)(H,26,29,31). The molecule has 154 valence electrons. The average molecular weight is 414 g/mol. The number of nitriles is 1. The van der Waals surface area contributed by atoms with Crippen molar-refractivity contribution in [3.05, 3.63) is 78.7 Å². The van der Waals surface area contributed by atoms with Gasteiger partial charge in [-0.1, -0.05) is 12.1 Å². The van der Waals surface area contributed by atoms with Crippen molar-refractivity contribution in [1.82, 2.24) is 19.7 Å². The van der Waals surface area contributed by atoms with Gasteiger partial charge in [0.25, 0.3) is 5.56 Å². The number of H-pyrrole nitrogens is 1. The van der Waals surface area contributed by atoms with Gasteiger partial charge in [0.1, 0.15) is 6.07 Å². The van der Waals surface area contributed by atoms with Crippen LogP contribution in [0.25, 0.3) is 5.82 Å². The monoisotopic (exact) mass is 414 g/mol. The summed E-state index contributed by atoms with van der Waals surface area (Å²) in [6, 6.07) is 9.43. The molecule has 9 nitrogen and oxygen atoms in total. The van der Waals surface area contributed by atoms with Gasteiger partial charge in [-0.05, 0) is 67.5 Å². The van der Waals surface area contributed by atoms with E-state index in [-0.39, 0.29) is 17.1 Å². The zero-order valence-corrected chi connectivity index (χ0v) is 16.9. The number of carbonyl (C=O) groups excluding carboxylic acids is 1. The molecule has 0 radical (unpaired) electrons. The fourth-order valence-electron chi connectivity index (χ4n) is 4.24. The minimum absolute atomic E-state index is 0.0913. The highest BCUT2D eigenvalue weighted by Gasteiger charge is 2.56. The first kappa shape index (κ1) is 18.9. The predicted octanol–water partition coefficient (Wildman–Crippen LogP) is 1.38. The van der Waals surface area contributed by atoms with Gasteiger partial charge in [-0.25, -0.2) is 9.78 Å². The Bertz CT molecular complexity index is 1420. The van der Waals surface area contributed by atoms with E-state index in [1.165, 1.54) is 0 Å². The van der Waals surface area contributed by atoms with Crippen LogP contribution in [0, 0.1) is 25.2 Å². The number of aryl methyl sites for hydroxylation is 2. The van der Waals surface area contributed by atoms with Crippen LogP contribution in [0.1, 0.15) is 46.5 Å². The molecule has 0 saturated heterocycles. The second-order valence-corrected chi connectivity index (χ2v) is 8.09. The number of hydrogen-bond donors (Lipinski definition) is 2. The molecule has 0 atom stereocenters. The molecule has 0 unspecified atom stereocenters. The fourth-order valence-corrected chi connectivity index (χ4v) is 4.24. The Kier molecular flexibility index (Phi) is 3.95. The Labute approximate surface area is 176 Å². The Morgan fingerprint density at radius 3 is 2.65 bits per heavy atom. The first-order valence-corrected chi connectivity index (χ1v) is 9.88. The highest BCUT2D eigenvalue weighted by atomic mass is 16.2. The van der Waals surface area contributed by atoms with E-state index in [2.05, 4.69) is 26.4 Å². The lowest BCUT2D eigenvalue weighted by atomic mass is 9.93. The maximum Gasteiger partial charge on any atom is 0.351 e. The second kappa shape index (κ2) is 6.47. The van der Waals surface area contributed by atoms with Crippen molar-refractivity contribution in [3.63, 3.8) is 0 Å². The summed E-state index contributed by atoms with van der Waals surface area (Å²) >= 11 is 0. The number of carbonyl (C=O) groups is 1. The average Bonchev–Trinajstić information content (AvgIpc) is 3.48. The van der Waals surface area contributed by atoms with Crippen molar-refractivity contribution < 1.29 is 4.79 Å². The lowest BCUT2D eigenvalue weighted by molar-refractivity contribution is -0.117. The first-order chi connectivity index (χ1) is 14.8. The van der Waals surface area contributed by atoms with Crippen LogP contribution in [0.15, 0.2) is 33.9 Å². The summed E-state index contributed by atoms with van der Waals surface area (Å²) in [5, 5.41) is 15.8. The number of benzene rings is 1. The van der Waals surface area contributed by atoms with Crippen LogP contribution in [0.3, 0.4) is 0 Å². The van der Waals surface area contributed by atoms with Crippen molar-refractivity contribution in [2.45, 2.75) is 38.5 Å². The molecule has 1 aromatic carbocycles. The van der Waals surface area contributed by atoms with Crippen LogP contribution in [0.5, 0.6) is 0 Å². The third-order valence-corrected chi connectivity index (χ3v) is 6.10. The predicted molar refractivity (Wildman–Crippen MR) is 111 cm³/mol. The maximum absolute atomic E-state index is 12.3. The lowest BCUT2D eigenvalue weighted by Crippen LogP contribution is -2.33. The number of aromatic nitrogens is 4. The van der Waals surface area contributed by atoms with Crippen molar-refractivity contribution in [2.75, 3.05) is 5.32 Å². The summed E-state index contributed by atoms with van der Waals surface area (Å²) in [7, 11) is 0. The highest BCUT2D eigenvalue weighted by molar-refractivity contribution is 6.08. The van der Waals surface area contributed by atoms with Gasteiger partial charge in [-0.3, -0.25) is 14.6 Å². The normalized spacial score (nSPS) is 15.5. The van der Waals surface area contributed by atoms with Gasteiger partial charge in [0.05, 0.1) is 5.41 Å². The van der Waals surface area contributed by atoms with Crippen molar-refractivity contribution in [2.24, 2.45) is 0 Å². The van der Waals surface area contributed by atoms with Gasteiger partial charge in [-0.15, -0.1) is 5.10 Å². The highest BCUT2D eigenvalue weighted by Crippen LogP contribution is 2.55. The molecule has 1 fully saturated rings. The zero-order chi connectivity index (χ0) is 21.9. The summed E-state index contributed by atoms with van der Waals surface area (Å²) in [6.07, 6.45) is 2.39. The number of nitrogens with one attached hydrogen (secondary N) is 2. The molecule has 1 aliphatic carbocycles. The molecule has 2 aliphatic rings. The molecule has 0 bridgehead atoms. The zero-order valence-electron chi connectivity index (χ0n) is 16.9. The maximum atomic E-state index is 12.3. The van der Waals surface area contributed by atoms with E-state index < -0.39 is 16.9 Å². The molecule has 9 heteroatoms. The molecule has 2 aromatic heterocycles. The number of hydrogen-bond acceptors (Lipinski definition) is 6.